The van der Waals surface area contributed by atoms with Gasteiger partial charge in [-0.15, -0.1) is 29.3 Å². The second-order valence-electron chi connectivity index (χ2n) is 16.6. The molecular formula is C56H48N3OPt-. The molecule has 9 rings (SSSR count). The van der Waals surface area contributed by atoms with E-state index in [2.05, 4.69) is 92.1 Å². The SMILES string of the molecule is [2H]C([2H])([2H])c1ccc(-c2ccnc(-c3[c-]c(-c4cccc5c4nc(-c4ccccc4O)n5-c4cc(-c5ccccc5)c(C([2H])(C)C)cc4-c4ccccc4)cc(C(C)(C)C)c3)c2)cc1.[Pt]. The molecule has 0 fully saturated rings. The van der Waals surface area contributed by atoms with Crippen molar-refractivity contribution in [2.45, 2.75) is 52.8 Å². The molecule has 61 heavy (non-hydrogen) atoms. The summed E-state index contributed by atoms with van der Waals surface area (Å²) in [4.78, 5) is 10.3. The number of pyridine rings is 1. The molecule has 0 unspecified atom stereocenters. The molecule has 0 saturated carbocycles. The topological polar surface area (TPSA) is 50.9 Å². The fourth-order valence-corrected chi connectivity index (χ4v) is 8.00. The van der Waals surface area contributed by atoms with E-state index < -0.39 is 12.7 Å². The van der Waals surface area contributed by atoms with Crippen LogP contribution in [0.4, 0.5) is 0 Å². The maximum absolute atomic E-state index is 11.5. The Kier molecular flexibility index (Phi) is 10.1. The largest absolute Gasteiger partial charge is 0.507 e. The minimum Gasteiger partial charge on any atom is -0.507 e. The number of rotatable bonds is 8. The summed E-state index contributed by atoms with van der Waals surface area (Å²) in [5, 5.41) is 11.5. The summed E-state index contributed by atoms with van der Waals surface area (Å²) in [5.74, 6) is -0.250. The number of aryl methyl sites for hydroxylation is 1. The molecule has 0 radical (unpaired) electrons. The van der Waals surface area contributed by atoms with Gasteiger partial charge in [0.25, 0.3) is 0 Å². The molecule has 304 valence electrons. The molecule has 4 nitrogen and oxygen atoms in total. The number of imidazole rings is 1. The molecule has 1 N–H and O–H groups in total. The van der Waals surface area contributed by atoms with Gasteiger partial charge in [-0.3, -0.25) is 9.55 Å². The van der Waals surface area contributed by atoms with Gasteiger partial charge in [0.15, 0.2) is 0 Å². The first-order chi connectivity index (χ1) is 30.5. The monoisotopic (exact) mass is 977 g/mol. The van der Waals surface area contributed by atoms with E-state index in [0.717, 1.165) is 83.6 Å². The Bertz CT molecular complexity index is 3170. The van der Waals surface area contributed by atoms with Gasteiger partial charge < -0.3 is 5.11 Å². The van der Waals surface area contributed by atoms with Gasteiger partial charge in [-0.25, -0.2) is 4.98 Å². The van der Waals surface area contributed by atoms with E-state index in [-0.39, 0.29) is 32.2 Å². The molecule has 2 aromatic heterocycles. The van der Waals surface area contributed by atoms with Crippen LogP contribution in [0.5, 0.6) is 5.75 Å². The van der Waals surface area contributed by atoms with Gasteiger partial charge >= 0.3 is 0 Å². The fraction of sp³-hybridized carbons (Fsp3) is 0.143. The Labute approximate surface area is 379 Å². The van der Waals surface area contributed by atoms with Crippen molar-refractivity contribution in [1.82, 2.24) is 14.5 Å². The molecule has 2 heterocycles. The van der Waals surface area contributed by atoms with Gasteiger partial charge in [-0.2, -0.15) is 0 Å². The van der Waals surface area contributed by atoms with Gasteiger partial charge in [-0.1, -0.05) is 167 Å². The van der Waals surface area contributed by atoms with Crippen LogP contribution in [0.3, 0.4) is 0 Å². The molecule has 0 spiro atoms. The van der Waals surface area contributed by atoms with Crippen LogP contribution < -0.4 is 0 Å². The predicted molar refractivity (Wildman–Crippen MR) is 250 cm³/mol. The zero-order chi connectivity index (χ0) is 45.0. The van der Waals surface area contributed by atoms with Crippen molar-refractivity contribution >= 4 is 11.0 Å². The Morgan fingerprint density at radius 3 is 1.97 bits per heavy atom. The average molecular weight is 978 g/mol. The summed E-state index contributed by atoms with van der Waals surface area (Å²) >= 11 is 0. The molecule has 0 atom stereocenters. The molecule has 0 aliphatic rings. The first-order valence-corrected chi connectivity index (χ1v) is 20.3. The van der Waals surface area contributed by atoms with Gasteiger partial charge in [-0.05, 0) is 87.9 Å². The molecule has 0 aliphatic heterocycles. The molecular weight excluding hydrogens is 926 g/mol. The van der Waals surface area contributed by atoms with E-state index in [1.165, 1.54) is 0 Å². The number of phenols is 1. The van der Waals surface area contributed by atoms with Crippen LogP contribution >= 0.6 is 0 Å². The van der Waals surface area contributed by atoms with Crippen molar-refractivity contribution in [3.63, 3.8) is 0 Å². The third-order valence-corrected chi connectivity index (χ3v) is 11.2. The normalized spacial score (nSPS) is 12.9. The standard InChI is InChI=1S/C56H48N3O.Pt/c1-36(2)47-34-49(40-18-11-8-12-19-40)52(35-48(47)39-16-9-7-10-17-39)59-51-22-15-21-45(54(51)58-55(59)46-20-13-14-23-53(46)60)42-30-43(32-44(31-42)56(4,5)6)50-33-41(28-29-57-50)38-26-24-37(3)25-27-38;/h7-29,31-36,60H,1-6H3;/q-1;/i3D3,36D;. The second-order valence-corrected chi connectivity index (χ2v) is 16.6. The Hall–Kier alpha value is -6.35. The van der Waals surface area contributed by atoms with E-state index in [4.69, 9.17) is 14.1 Å². The maximum Gasteiger partial charge on any atom is 0.148 e. The number of hydrogen-bond donors (Lipinski definition) is 1. The number of fused-ring (bicyclic) bond motifs is 1. The van der Waals surface area contributed by atoms with E-state index in [0.29, 0.717) is 17.0 Å². The summed E-state index contributed by atoms with van der Waals surface area (Å²) in [6, 6.07) is 57.3. The van der Waals surface area contributed by atoms with Crippen molar-refractivity contribution in [1.29, 1.82) is 0 Å². The molecule has 9 aromatic rings. The number of aromatic hydroxyl groups is 1. The first-order valence-electron chi connectivity index (χ1n) is 22.3. The first kappa shape index (κ1) is 36.5. The fourth-order valence-electron chi connectivity index (χ4n) is 8.00. The van der Waals surface area contributed by atoms with Crippen molar-refractivity contribution in [2.75, 3.05) is 0 Å². The Balaban J connectivity index is 0.00000576. The zero-order valence-corrected chi connectivity index (χ0v) is 37.0. The van der Waals surface area contributed by atoms with Crippen molar-refractivity contribution in [2.24, 2.45) is 0 Å². The quantitative estimate of drug-likeness (QED) is 0.154. The zero-order valence-electron chi connectivity index (χ0n) is 38.8. The van der Waals surface area contributed by atoms with Gasteiger partial charge in [0.05, 0.1) is 22.3 Å². The summed E-state index contributed by atoms with van der Waals surface area (Å²) in [6.07, 6.45) is 1.78. The van der Waals surface area contributed by atoms with Gasteiger partial charge in [0.1, 0.15) is 11.6 Å². The van der Waals surface area contributed by atoms with Crippen LogP contribution in [0.1, 0.15) is 62.7 Å². The van der Waals surface area contributed by atoms with Crippen LogP contribution in [0, 0.1) is 12.9 Å². The molecule has 5 heteroatoms. The summed E-state index contributed by atoms with van der Waals surface area (Å²) in [7, 11) is 0. The average Bonchev–Trinajstić information content (AvgIpc) is 3.68. The minimum atomic E-state index is -2.18. The summed E-state index contributed by atoms with van der Waals surface area (Å²) in [6.45, 7) is 8.24. The van der Waals surface area contributed by atoms with Crippen LogP contribution in [0.2, 0.25) is 0 Å². The Morgan fingerprint density at radius 2 is 1.30 bits per heavy atom. The smallest absolute Gasteiger partial charge is 0.148 e. The molecule has 0 amide bonds. The van der Waals surface area contributed by atoms with Gasteiger partial charge in [0.2, 0.25) is 0 Å². The summed E-state index contributed by atoms with van der Waals surface area (Å²) in [5.41, 5.74) is 14.0. The second kappa shape index (κ2) is 17.0. The molecule has 7 aromatic carbocycles. The van der Waals surface area contributed by atoms with E-state index in [9.17, 15) is 6.48 Å². The minimum absolute atomic E-state index is 0. The number of hydrogen-bond acceptors (Lipinski definition) is 3. The third-order valence-electron chi connectivity index (χ3n) is 11.2. The number of benzene rings is 7. The van der Waals surface area contributed by atoms with E-state index >= 15 is 0 Å². The molecule has 0 aliphatic carbocycles. The Morgan fingerprint density at radius 1 is 0.639 bits per heavy atom. The molecule has 0 bridgehead atoms. The van der Waals surface area contributed by atoms with Crippen molar-refractivity contribution < 1.29 is 31.7 Å². The number of para-hydroxylation sites is 2. The maximum atomic E-state index is 11.5. The van der Waals surface area contributed by atoms with Crippen LogP contribution in [-0.4, -0.2) is 19.6 Å². The van der Waals surface area contributed by atoms with Crippen LogP contribution in [-0.2, 0) is 26.5 Å². The predicted octanol–water partition coefficient (Wildman–Crippen LogP) is 14.7. The summed E-state index contributed by atoms with van der Waals surface area (Å²) < 4.78 is 35.0. The van der Waals surface area contributed by atoms with Crippen LogP contribution in [0.25, 0.3) is 83.9 Å². The van der Waals surface area contributed by atoms with Crippen molar-refractivity contribution in [3.05, 3.63) is 193 Å². The number of nitrogens with zero attached hydrogens (tertiary/aromatic N) is 3. The third kappa shape index (κ3) is 8.13. The van der Waals surface area contributed by atoms with Crippen LogP contribution in [0.15, 0.2) is 170 Å². The van der Waals surface area contributed by atoms with Crippen molar-refractivity contribution in [3.8, 4) is 78.6 Å². The molecule has 0 saturated heterocycles. The van der Waals surface area contributed by atoms with E-state index in [1.54, 1.807) is 24.4 Å². The van der Waals surface area contributed by atoms with Gasteiger partial charge in [0, 0.05) is 44.0 Å². The number of aromatic nitrogens is 3. The number of phenolic OH excluding ortho intramolecular Hbond substituents is 1. The van der Waals surface area contributed by atoms with E-state index in [1.807, 2.05) is 98.8 Å².